The molecule has 136 valence electrons. The van der Waals surface area contributed by atoms with Gasteiger partial charge in [0, 0.05) is 38.2 Å². The summed E-state index contributed by atoms with van der Waals surface area (Å²) in [5.74, 6) is 2.19. The molecule has 0 saturated carbocycles. The summed E-state index contributed by atoms with van der Waals surface area (Å²) in [6, 6.07) is 0. The number of hydrogen-bond acceptors (Lipinski definition) is 5. The molecule has 2 saturated heterocycles. The first kappa shape index (κ1) is 16.8. The molecule has 0 radical (unpaired) electrons. The fraction of sp³-hybridized carbons (Fsp3) is 0.737. The topological polar surface area (TPSA) is 67.3 Å². The standard InChI is InChI=1S/C19H28N4O2/c1-13(2)12-15-21-16-14(4-8-20-18(16)24)17(22-15)23-9-6-19(7-10-23)5-3-11-25-19/h13H,3-12H2,1-2H3,(H,20,24). The number of carbonyl (C=O) groups excluding carboxylic acids is 1. The Morgan fingerprint density at radius 3 is 2.72 bits per heavy atom. The summed E-state index contributed by atoms with van der Waals surface area (Å²) in [4.78, 5) is 24.2. The largest absolute Gasteiger partial charge is 0.375 e. The first-order valence-electron chi connectivity index (χ1n) is 9.63. The average Bonchev–Trinajstić information content (AvgIpc) is 3.03. The van der Waals surface area contributed by atoms with Crippen molar-refractivity contribution in [3.63, 3.8) is 0 Å². The molecule has 2 fully saturated rings. The highest BCUT2D eigenvalue weighted by Gasteiger charge is 2.39. The third-order valence-electron chi connectivity index (χ3n) is 5.66. The van der Waals surface area contributed by atoms with E-state index in [2.05, 4.69) is 29.0 Å². The van der Waals surface area contributed by atoms with E-state index >= 15 is 0 Å². The monoisotopic (exact) mass is 344 g/mol. The third-order valence-corrected chi connectivity index (χ3v) is 5.66. The van der Waals surface area contributed by atoms with Gasteiger partial charge in [-0.1, -0.05) is 13.8 Å². The molecule has 0 aliphatic carbocycles. The number of hydrogen-bond donors (Lipinski definition) is 1. The minimum atomic E-state index is -0.0532. The lowest BCUT2D eigenvalue weighted by Gasteiger charge is -2.40. The molecular weight excluding hydrogens is 316 g/mol. The first-order chi connectivity index (χ1) is 12.1. The van der Waals surface area contributed by atoms with E-state index in [0.29, 0.717) is 18.2 Å². The highest BCUT2D eigenvalue weighted by atomic mass is 16.5. The summed E-state index contributed by atoms with van der Waals surface area (Å²) < 4.78 is 6.05. The summed E-state index contributed by atoms with van der Waals surface area (Å²) in [6.45, 7) is 7.79. The second-order valence-electron chi connectivity index (χ2n) is 8.02. The van der Waals surface area contributed by atoms with Crippen LogP contribution in [0.5, 0.6) is 0 Å². The molecule has 3 aliphatic rings. The maximum absolute atomic E-state index is 12.3. The van der Waals surface area contributed by atoms with Crippen molar-refractivity contribution in [3.8, 4) is 0 Å². The molecule has 1 N–H and O–H groups in total. The number of ether oxygens (including phenoxy) is 1. The maximum Gasteiger partial charge on any atom is 0.270 e. The predicted molar refractivity (Wildman–Crippen MR) is 96.0 cm³/mol. The summed E-state index contributed by atoms with van der Waals surface area (Å²) in [6.07, 6.45) is 6.09. The minimum absolute atomic E-state index is 0.0532. The molecule has 0 atom stereocenters. The summed E-state index contributed by atoms with van der Waals surface area (Å²) in [7, 11) is 0. The van der Waals surface area contributed by atoms with Crippen LogP contribution in [-0.4, -0.2) is 47.7 Å². The molecule has 6 nitrogen and oxygen atoms in total. The maximum atomic E-state index is 12.3. The molecule has 0 unspecified atom stereocenters. The van der Waals surface area contributed by atoms with Gasteiger partial charge in [0.15, 0.2) is 0 Å². The van der Waals surface area contributed by atoms with E-state index in [9.17, 15) is 4.79 Å². The number of fused-ring (bicyclic) bond motifs is 1. The number of nitrogens with zero attached hydrogens (tertiary/aromatic N) is 3. The number of aromatic nitrogens is 2. The predicted octanol–water partition coefficient (Wildman–Crippen LogP) is 2.11. The minimum Gasteiger partial charge on any atom is -0.375 e. The van der Waals surface area contributed by atoms with E-state index in [0.717, 1.165) is 62.6 Å². The molecule has 3 aliphatic heterocycles. The summed E-state index contributed by atoms with van der Waals surface area (Å²) in [5, 5.41) is 2.92. The van der Waals surface area contributed by atoms with Crippen LogP contribution in [0.1, 0.15) is 61.4 Å². The Morgan fingerprint density at radius 1 is 1.24 bits per heavy atom. The number of rotatable bonds is 3. The number of piperidine rings is 1. The molecule has 0 bridgehead atoms. The van der Waals surface area contributed by atoms with E-state index in [1.807, 2.05) is 0 Å². The number of amides is 1. The van der Waals surface area contributed by atoms with Crippen LogP contribution >= 0.6 is 0 Å². The normalized spacial score (nSPS) is 22.4. The number of nitrogens with one attached hydrogen (secondary N) is 1. The van der Waals surface area contributed by atoms with Crippen LogP contribution in [0.15, 0.2) is 0 Å². The van der Waals surface area contributed by atoms with Gasteiger partial charge >= 0.3 is 0 Å². The van der Waals surface area contributed by atoms with Gasteiger partial charge in [0.05, 0.1) is 5.60 Å². The van der Waals surface area contributed by atoms with E-state index in [4.69, 9.17) is 9.72 Å². The average molecular weight is 344 g/mol. The second-order valence-corrected chi connectivity index (χ2v) is 8.02. The van der Waals surface area contributed by atoms with Crippen LogP contribution in [0.25, 0.3) is 0 Å². The molecule has 4 rings (SSSR count). The van der Waals surface area contributed by atoms with Gasteiger partial charge in [0.1, 0.15) is 17.3 Å². The molecule has 25 heavy (non-hydrogen) atoms. The van der Waals surface area contributed by atoms with E-state index in [1.54, 1.807) is 0 Å². The van der Waals surface area contributed by atoms with E-state index in [-0.39, 0.29) is 11.5 Å². The summed E-state index contributed by atoms with van der Waals surface area (Å²) >= 11 is 0. The Kier molecular flexibility index (Phi) is 4.40. The van der Waals surface area contributed by atoms with Crippen LogP contribution in [0.2, 0.25) is 0 Å². The van der Waals surface area contributed by atoms with Crippen LogP contribution < -0.4 is 10.2 Å². The van der Waals surface area contributed by atoms with Gasteiger partial charge in [-0.05, 0) is 38.0 Å². The zero-order chi connectivity index (χ0) is 17.4. The molecule has 1 aromatic rings. The first-order valence-corrected chi connectivity index (χ1v) is 9.63. The Labute approximate surface area is 149 Å². The lowest BCUT2D eigenvalue weighted by Crippen LogP contribution is -2.45. The SMILES string of the molecule is CC(C)Cc1nc2c(c(N3CCC4(CCCO4)CC3)n1)CCNC2=O. The molecular formula is C19H28N4O2. The third kappa shape index (κ3) is 3.24. The van der Waals surface area contributed by atoms with Crippen LogP contribution in [0, 0.1) is 5.92 Å². The Hall–Kier alpha value is -1.69. The van der Waals surface area contributed by atoms with Crippen molar-refractivity contribution in [1.29, 1.82) is 0 Å². The fourth-order valence-corrected chi connectivity index (χ4v) is 4.31. The zero-order valence-corrected chi connectivity index (χ0v) is 15.3. The van der Waals surface area contributed by atoms with Crippen LogP contribution in [0.3, 0.4) is 0 Å². The fourth-order valence-electron chi connectivity index (χ4n) is 4.31. The lowest BCUT2D eigenvalue weighted by atomic mass is 9.88. The van der Waals surface area contributed by atoms with Gasteiger partial charge in [-0.25, -0.2) is 9.97 Å². The van der Waals surface area contributed by atoms with Crippen LogP contribution in [-0.2, 0) is 17.6 Å². The van der Waals surface area contributed by atoms with Gasteiger partial charge in [-0.15, -0.1) is 0 Å². The van der Waals surface area contributed by atoms with Crippen molar-refractivity contribution in [2.45, 2.75) is 58.0 Å². The van der Waals surface area contributed by atoms with Crippen molar-refractivity contribution in [2.24, 2.45) is 5.92 Å². The highest BCUT2D eigenvalue weighted by molar-refractivity contribution is 5.96. The molecule has 6 heteroatoms. The molecule has 1 spiro atoms. The van der Waals surface area contributed by atoms with Gasteiger partial charge < -0.3 is 15.0 Å². The van der Waals surface area contributed by atoms with Gasteiger partial charge in [-0.3, -0.25) is 4.79 Å². The second kappa shape index (κ2) is 6.56. The Bertz CT molecular complexity index is 658. The number of anilines is 1. The quantitative estimate of drug-likeness (QED) is 0.910. The van der Waals surface area contributed by atoms with E-state index in [1.165, 1.54) is 12.8 Å². The Morgan fingerprint density at radius 2 is 2.04 bits per heavy atom. The van der Waals surface area contributed by atoms with Gasteiger partial charge in [0.25, 0.3) is 5.91 Å². The zero-order valence-electron chi connectivity index (χ0n) is 15.3. The Balaban J connectivity index is 1.63. The van der Waals surface area contributed by atoms with Gasteiger partial charge in [-0.2, -0.15) is 0 Å². The van der Waals surface area contributed by atoms with Crippen molar-refractivity contribution < 1.29 is 9.53 Å². The van der Waals surface area contributed by atoms with Crippen molar-refractivity contribution in [2.75, 3.05) is 31.1 Å². The smallest absolute Gasteiger partial charge is 0.270 e. The van der Waals surface area contributed by atoms with E-state index < -0.39 is 0 Å². The molecule has 1 amide bonds. The molecule has 0 aromatic carbocycles. The number of carbonyl (C=O) groups is 1. The molecule has 4 heterocycles. The van der Waals surface area contributed by atoms with Crippen molar-refractivity contribution in [3.05, 3.63) is 17.1 Å². The van der Waals surface area contributed by atoms with Crippen LogP contribution in [0.4, 0.5) is 5.82 Å². The van der Waals surface area contributed by atoms with Crippen molar-refractivity contribution >= 4 is 11.7 Å². The molecule has 1 aromatic heterocycles. The lowest BCUT2D eigenvalue weighted by molar-refractivity contribution is -0.0147. The summed E-state index contributed by atoms with van der Waals surface area (Å²) in [5.41, 5.74) is 1.71. The highest BCUT2D eigenvalue weighted by Crippen LogP contribution is 2.37. The van der Waals surface area contributed by atoms with Crippen molar-refractivity contribution in [1.82, 2.24) is 15.3 Å². The van der Waals surface area contributed by atoms with Gasteiger partial charge in [0.2, 0.25) is 0 Å².